The summed E-state index contributed by atoms with van der Waals surface area (Å²) < 4.78 is 1.78. The molecule has 0 saturated heterocycles. The molecule has 1 amide bonds. The third-order valence-electron chi connectivity index (χ3n) is 4.20. The van der Waals surface area contributed by atoms with Gasteiger partial charge in [-0.05, 0) is 50.0 Å². The first-order valence-corrected chi connectivity index (χ1v) is 8.71. The number of nitrogens with zero attached hydrogens (tertiary/aromatic N) is 4. The molecule has 0 saturated carbocycles. The van der Waals surface area contributed by atoms with E-state index in [0.29, 0.717) is 18.7 Å². The van der Waals surface area contributed by atoms with Gasteiger partial charge in [0, 0.05) is 37.6 Å². The number of carbonyl (C=O) groups excluding carboxylic acids is 1. The Kier molecular flexibility index (Phi) is 5.81. The van der Waals surface area contributed by atoms with Crippen LogP contribution in [0.5, 0.6) is 0 Å². The van der Waals surface area contributed by atoms with Gasteiger partial charge in [-0.3, -0.25) is 4.79 Å². The maximum atomic E-state index is 13.0. The lowest BCUT2D eigenvalue weighted by Gasteiger charge is -2.25. The van der Waals surface area contributed by atoms with Crippen LogP contribution in [0, 0.1) is 0 Å². The van der Waals surface area contributed by atoms with Crippen LogP contribution in [-0.4, -0.2) is 52.7 Å². The van der Waals surface area contributed by atoms with E-state index in [1.165, 1.54) is 0 Å². The molecule has 134 valence electrons. The molecule has 0 aliphatic carbocycles. The van der Waals surface area contributed by atoms with Gasteiger partial charge in [0.15, 0.2) is 0 Å². The normalized spacial score (nSPS) is 10.9. The fourth-order valence-electron chi connectivity index (χ4n) is 2.74. The number of rotatable bonds is 7. The van der Waals surface area contributed by atoms with Gasteiger partial charge in [0.25, 0.3) is 5.91 Å². The van der Waals surface area contributed by atoms with Crippen molar-refractivity contribution in [1.29, 1.82) is 0 Å². The lowest BCUT2D eigenvalue weighted by Crippen LogP contribution is -2.36. The van der Waals surface area contributed by atoms with Gasteiger partial charge in [0.2, 0.25) is 0 Å². The monoisotopic (exact) mass is 348 g/mol. The minimum absolute atomic E-state index is 0.0442. The van der Waals surface area contributed by atoms with Crippen molar-refractivity contribution in [3.8, 4) is 5.69 Å². The third-order valence-corrected chi connectivity index (χ3v) is 4.20. The molecule has 0 spiro atoms. The number of hydrogen-bond acceptors (Lipinski definition) is 3. The molecule has 0 N–H and O–H groups in total. The van der Waals surface area contributed by atoms with Gasteiger partial charge >= 0.3 is 0 Å². The summed E-state index contributed by atoms with van der Waals surface area (Å²) in [6.45, 7) is 2.11. The van der Waals surface area contributed by atoms with E-state index in [1.54, 1.807) is 10.9 Å². The second-order valence-electron chi connectivity index (χ2n) is 6.51. The Hall–Kier alpha value is -2.92. The molecule has 3 rings (SSSR count). The summed E-state index contributed by atoms with van der Waals surface area (Å²) in [5, 5.41) is 4.22. The van der Waals surface area contributed by atoms with Gasteiger partial charge in [0.05, 0.1) is 5.69 Å². The molecule has 0 unspecified atom stereocenters. The quantitative estimate of drug-likeness (QED) is 0.659. The average Bonchev–Trinajstić information content (AvgIpc) is 3.20. The van der Waals surface area contributed by atoms with E-state index in [0.717, 1.165) is 17.8 Å². The van der Waals surface area contributed by atoms with E-state index in [1.807, 2.05) is 73.7 Å². The first-order chi connectivity index (χ1) is 12.6. The van der Waals surface area contributed by atoms with Crippen LogP contribution in [0.25, 0.3) is 5.69 Å². The van der Waals surface area contributed by atoms with Crippen LogP contribution < -0.4 is 0 Å². The first kappa shape index (κ1) is 17.9. The maximum absolute atomic E-state index is 13.0. The van der Waals surface area contributed by atoms with E-state index in [2.05, 4.69) is 22.1 Å². The smallest absolute Gasteiger partial charge is 0.254 e. The molecule has 1 aromatic heterocycles. The lowest BCUT2D eigenvalue weighted by atomic mass is 10.1. The van der Waals surface area contributed by atoms with Crippen molar-refractivity contribution in [3.05, 3.63) is 84.2 Å². The van der Waals surface area contributed by atoms with Crippen molar-refractivity contribution < 1.29 is 4.79 Å². The van der Waals surface area contributed by atoms with Gasteiger partial charge in [-0.25, -0.2) is 4.68 Å². The van der Waals surface area contributed by atoms with Gasteiger partial charge in [-0.15, -0.1) is 0 Å². The molecule has 0 bridgehead atoms. The molecule has 26 heavy (non-hydrogen) atoms. The molecule has 0 fully saturated rings. The van der Waals surface area contributed by atoms with E-state index < -0.39 is 0 Å². The number of amides is 1. The molecular weight excluding hydrogens is 324 g/mol. The Morgan fingerprint density at radius 3 is 2.31 bits per heavy atom. The second-order valence-corrected chi connectivity index (χ2v) is 6.51. The maximum Gasteiger partial charge on any atom is 0.254 e. The number of carbonyl (C=O) groups is 1. The largest absolute Gasteiger partial charge is 0.333 e. The summed E-state index contributed by atoms with van der Waals surface area (Å²) in [6.07, 6.45) is 3.62. The second kappa shape index (κ2) is 8.45. The van der Waals surface area contributed by atoms with Crippen molar-refractivity contribution >= 4 is 5.91 Å². The molecule has 2 aromatic carbocycles. The zero-order valence-electron chi connectivity index (χ0n) is 15.2. The van der Waals surface area contributed by atoms with Gasteiger partial charge in [0.1, 0.15) is 0 Å². The lowest BCUT2D eigenvalue weighted by molar-refractivity contribution is 0.0732. The van der Waals surface area contributed by atoms with E-state index >= 15 is 0 Å². The van der Waals surface area contributed by atoms with E-state index in [9.17, 15) is 4.79 Å². The highest BCUT2D eigenvalue weighted by Crippen LogP contribution is 2.13. The molecule has 5 heteroatoms. The van der Waals surface area contributed by atoms with Crippen LogP contribution in [0.3, 0.4) is 0 Å². The highest BCUT2D eigenvalue weighted by Gasteiger charge is 2.16. The van der Waals surface area contributed by atoms with Crippen LogP contribution in [-0.2, 0) is 6.54 Å². The summed E-state index contributed by atoms with van der Waals surface area (Å²) in [5.74, 6) is 0.0442. The molecule has 0 aliphatic rings. The SMILES string of the molecule is CN(C)CCN(Cc1ccccc1)C(=O)c1ccc(-n2cccn2)cc1. The van der Waals surface area contributed by atoms with Gasteiger partial charge in [-0.2, -0.15) is 5.10 Å². The Morgan fingerprint density at radius 2 is 1.69 bits per heavy atom. The minimum atomic E-state index is 0.0442. The fourth-order valence-corrected chi connectivity index (χ4v) is 2.74. The summed E-state index contributed by atoms with van der Waals surface area (Å²) in [6, 6.07) is 19.6. The van der Waals surface area contributed by atoms with E-state index in [-0.39, 0.29) is 5.91 Å². The predicted octanol–water partition coefficient (Wildman–Crippen LogP) is 3.08. The zero-order valence-corrected chi connectivity index (χ0v) is 15.2. The minimum Gasteiger partial charge on any atom is -0.333 e. The van der Waals surface area contributed by atoms with Gasteiger partial charge < -0.3 is 9.80 Å². The molecule has 0 radical (unpaired) electrons. The molecule has 0 aliphatic heterocycles. The predicted molar refractivity (Wildman–Crippen MR) is 103 cm³/mol. The van der Waals surface area contributed by atoms with Crippen LogP contribution in [0.2, 0.25) is 0 Å². The summed E-state index contributed by atoms with van der Waals surface area (Å²) in [4.78, 5) is 17.0. The highest BCUT2D eigenvalue weighted by atomic mass is 16.2. The zero-order chi connectivity index (χ0) is 18.4. The molecule has 5 nitrogen and oxygen atoms in total. The summed E-state index contributed by atoms with van der Waals surface area (Å²) >= 11 is 0. The highest BCUT2D eigenvalue weighted by molar-refractivity contribution is 5.94. The first-order valence-electron chi connectivity index (χ1n) is 8.71. The summed E-state index contributed by atoms with van der Waals surface area (Å²) in [7, 11) is 4.04. The van der Waals surface area contributed by atoms with Crippen LogP contribution >= 0.6 is 0 Å². The Bertz CT molecular complexity index is 811. The Balaban J connectivity index is 1.77. The Labute approximate surface area is 154 Å². The third kappa shape index (κ3) is 4.58. The number of benzene rings is 2. The Morgan fingerprint density at radius 1 is 0.962 bits per heavy atom. The molecular formula is C21H24N4O. The molecule has 0 atom stereocenters. The van der Waals surface area contributed by atoms with Crippen LogP contribution in [0.1, 0.15) is 15.9 Å². The number of aromatic nitrogens is 2. The van der Waals surface area contributed by atoms with E-state index in [4.69, 9.17) is 0 Å². The fraction of sp³-hybridized carbons (Fsp3) is 0.238. The standard InChI is InChI=1S/C21H24N4O/c1-23(2)15-16-24(17-18-7-4-3-5-8-18)21(26)19-9-11-20(12-10-19)25-14-6-13-22-25/h3-14H,15-17H2,1-2H3. The van der Waals surface area contributed by atoms with Gasteiger partial charge in [-0.1, -0.05) is 30.3 Å². The van der Waals surface area contributed by atoms with Crippen molar-refractivity contribution in [3.63, 3.8) is 0 Å². The van der Waals surface area contributed by atoms with Crippen molar-refractivity contribution in [2.24, 2.45) is 0 Å². The van der Waals surface area contributed by atoms with Crippen molar-refractivity contribution in [2.75, 3.05) is 27.2 Å². The topological polar surface area (TPSA) is 41.4 Å². The average molecular weight is 348 g/mol. The summed E-state index contributed by atoms with van der Waals surface area (Å²) in [5.41, 5.74) is 2.76. The molecule has 3 aromatic rings. The number of hydrogen-bond donors (Lipinski definition) is 0. The van der Waals surface area contributed by atoms with Crippen LogP contribution in [0.4, 0.5) is 0 Å². The van der Waals surface area contributed by atoms with Crippen molar-refractivity contribution in [2.45, 2.75) is 6.54 Å². The van der Waals surface area contributed by atoms with Crippen molar-refractivity contribution in [1.82, 2.24) is 19.6 Å². The molecule has 1 heterocycles. The van der Waals surface area contributed by atoms with Crippen LogP contribution in [0.15, 0.2) is 73.1 Å². The number of likely N-dealkylation sites (N-methyl/N-ethyl adjacent to an activating group) is 1.